The van der Waals surface area contributed by atoms with E-state index in [-0.39, 0.29) is 0 Å². The maximum atomic E-state index is 10.3. The molecule has 1 unspecified atom stereocenters. The summed E-state index contributed by atoms with van der Waals surface area (Å²) in [5.74, 6) is -0.936. The van der Waals surface area contributed by atoms with Crippen LogP contribution in [0.25, 0.3) is 0 Å². The standard InChI is InChI=1S/C11H21NO3/c1-4-5-11(3,15)8-12-7-9(2)6-10(13)14/h6,12,15H,4-5,7-8H2,1-3H3,(H,13,14). The van der Waals surface area contributed by atoms with E-state index in [0.717, 1.165) is 18.4 Å². The Balaban J connectivity index is 3.83. The van der Waals surface area contributed by atoms with Crippen LogP contribution in [0.15, 0.2) is 11.6 Å². The fourth-order valence-corrected chi connectivity index (χ4v) is 1.42. The summed E-state index contributed by atoms with van der Waals surface area (Å²) in [6.07, 6.45) is 2.84. The minimum absolute atomic E-state index is 0.478. The number of hydrogen-bond donors (Lipinski definition) is 3. The first-order valence-electron chi connectivity index (χ1n) is 5.20. The van der Waals surface area contributed by atoms with Crippen LogP contribution in [-0.2, 0) is 4.79 Å². The summed E-state index contributed by atoms with van der Waals surface area (Å²) < 4.78 is 0. The van der Waals surface area contributed by atoms with Gasteiger partial charge in [-0.2, -0.15) is 0 Å². The van der Waals surface area contributed by atoms with E-state index in [9.17, 15) is 9.90 Å². The van der Waals surface area contributed by atoms with E-state index in [2.05, 4.69) is 5.32 Å². The van der Waals surface area contributed by atoms with Crippen molar-refractivity contribution in [2.45, 2.75) is 39.2 Å². The second kappa shape index (κ2) is 6.58. The van der Waals surface area contributed by atoms with Crippen LogP contribution in [0, 0.1) is 0 Å². The maximum Gasteiger partial charge on any atom is 0.328 e. The molecule has 0 amide bonds. The summed E-state index contributed by atoms with van der Waals surface area (Å²) >= 11 is 0. The van der Waals surface area contributed by atoms with E-state index in [1.807, 2.05) is 6.92 Å². The van der Waals surface area contributed by atoms with Crippen molar-refractivity contribution in [1.82, 2.24) is 5.32 Å². The van der Waals surface area contributed by atoms with Crippen LogP contribution >= 0.6 is 0 Å². The molecule has 88 valence electrons. The van der Waals surface area contributed by atoms with Gasteiger partial charge < -0.3 is 15.5 Å². The number of carbonyl (C=O) groups is 1. The first-order chi connectivity index (χ1) is 6.87. The van der Waals surface area contributed by atoms with Gasteiger partial charge in [0.25, 0.3) is 0 Å². The van der Waals surface area contributed by atoms with E-state index in [4.69, 9.17) is 5.11 Å². The lowest BCUT2D eigenvalue weighted by molar-refractivity contribution is -0.131. The Morgan fingerprint density at radius 3 is 2.60 bits per heavy atom. The van der Waals surface area contributed by atoms with E-state index < -0.39 is 11.6 Å². The van der Waals surface area contributed by atoms with Gasteiger partial charge >= 0.3 is 5.97 Å². The number of aliphatic hydroxyl groups is 1. The van der Waals surface area contributed by atoms with Crippen molar-refractivity contribution >= 4 is 5.97 Å². The van der Waals surface area contributed by atoms with Crippen molar-refractivity contribution in [1.29, 1.82) is 0 Å². The fraction of sp³-hybridized carbons (Fsp3) is 0.727. The van der Waals surface area contributed by atoms with Gasteiger partial charge in [-0.1, -0.05) is 18.9 Å². The van der Waals surface area contributed by atoms with Crippen LogP contribution in [0.4, 0.5) is 0 Å². The highest BCUT2D eigenvalue weighted by Gasteiger charge is 2.17. The molecule has 0 aromatic rings. The molecule has 15 heavy (non-hydrogen) atoms. The molecule has 0 heterocycles. The Hall–Kier alpha value is -0.870. The summed E-state index contributed by atoms with van der Waals surface area (Å²) in [6, 6.07) is 0. The molecular formula is C11H21NO3. The van der Waals surface area contributed by atoms with Gasteiger partial charge in [0.05, 0.1) is 5.60 Å². The lowest BCUT2D eigenvalue weighted by atomic mass is 10.0. The minimum atomic E-state index is -0.936. The Bertz CT molecular complexity index is 234. The Kier molecular flexibility index (Phi) is 6.20. The molecule has 0 bridgehead atoms. The van der Waals surface area contributed by atoms with Gasteiger partial charge in [0.2, 0.25) is 0 Å². The topological polar surface area (TPSA) is 69.6 Å². The summed E-state index contributed by atoms with van der Waals surface area (Å²) in [5, 5.41) is 21.3. The van der Waals surface area contributed by atoms with Crippen LogP contribution < -0.4 is 5.32 Å². The number of aliphatic carboxylic acids is 1. The molecule has 0 spiro atoms. The quantitative estimate of drug-likeness (QED) is 0.557. The zero-order chi connectivity index (χ0) is 11.9. The summed E-state index contributed by atoms with van der Waals surface area (Å²) in [4.78, 5) is 10.3. The van der Waals surface area contributed by atoms with Crippen LogP contribution in [0.3, 0.4) is 0 Å². The number of carboxylic acids is 1. The molecule has 0 rings (SSSR count). The van der Waals surface area contributed by atoms with Crippen molar-refractivity contribution in [3.05, 3.63) is 11.6 Å². The molecule has 0 aliphatic heterocycles. The number of nitrogens with one attached hydrogen (secondary N) is 1. The van der Waals surface area contributed by atoms with Crippen molar-refractivity contribution in [2.75, 3.05) is 13.1 Å². The molecule has 4 heteroatoms. The molecule has 0 aromatic heterocycles. The third-order valence-electron chi connectivity index (χ3n) is 2.07. The van der Waals surface area contributed by atoms with Crippen molar-refractivity contribution in [3.8, 4) is 0 Å². The number of carboxylic acid groups (broad SMARTS) is 1. The average Bonchev–Trinajstić information content (AvgIpc) is 2.01. The average molecular weight is 215 g/mol. The van der Waals surface area contributed by atoms with Crippen molar-refractivity contribution in [2.24, 2.45) is 0 Å². The SMILES string of the molecule is CCCC(C)(O)CNCC(C)=CC(=O)O. The number of hydrogen-bond acceptors (Lipinski definition) is 3. The van der Waals surface area contributed by atoms with Crippen LogP contribution in [-0.4, -0.2) is 34.9 Å². The van der Waals surface area contributed by atoms with E-state index in [0.29, 0.717) is 13.1 Å². The second-order valence-corrected chi connectivity index (χ2v) is 4.18. The third-order valence-corrected chi connectivity index (χ3v) is 2.07. The van der Waals surface area contributed by atoms with Gasteiger partial charge in [-0.25, -0.2) is 4.79 Å². The van der Waals surface area contributed by atoms with E-state index in [1.54, 1.807) is 13.8 Å². The molecule has 3 N–H and O–H groups in total. The lowest BCUT2D eigenvalue weighted by Crippen LogP contribution is -2.38. The molecule has 0 aliphatic rings. The van der Waals surface area contributed by atoms with Gasteiger partial charge in [-0.15, -0.1) is 0 Å². The molecule has 0 aliphatic carbocycles. The lowest BCUT2D eigenvalue weighted by Gasteiger charge is -2.23. The van der Waals surface area contributed by atoms with Crippen LogP contribution in [0.2, 0.25) is 0 Å². The molecule has 4 nitrogen and oxygen atoms in total. The van der Waals surface area contributed by atoms with Crippen molar-refractivity contribution in [3.63, 3.8) is 0 Å². The second-order valence-electron chi connectivity index (χ2n) is 4.18. The Morgan fingerprint density at radius 1 is 1.53 bits per heavy atom. The van der Waals surface area contributed by atoms with Gasteiger partial charge in [0, 0.05) is 19.2 Å². The monoisotopic (exact) mass is 215 g/mol. The van der Waals surface area contributed by atoms with Gasteiger partial charge in [-0.3, -0.25) is 0 Å². The molecule has 1 atom stereocenters. The first-order valence-corrected chi connectivity index (χ1v) is 5.20. The highest BCUT2D eigenvalue weighted by molar-refractivity contribution is 5.80. The zero-order valence-electron chi connectivity index (χ0n) is 9.71. The van der Waals surface area contributed by atoms with Gasteiger partial charge in [-0.05, 0) is 20.3 Å². The molecule has 0 saturated heterocycles. The van der Waals surface area contributed by atoms with Gasteiger partial charge in [0.15, 0.2) is 0 Å². The summed E-state index contributed by atoms with van der Waals surface area (Å²) in [5.41, 5.74) is 0.0351. The highest BCUT2D eigenvalue weighted by Crippen LogP contribution is 2.09. The smallest absolute Gasteiger partial charge is 0.328 e. The van der Waals surface area contributed by atoms with E-state index in [1.165, 1.54) is 6.08 Å². The minimum Gasteiger partial charge on any atom is -0.478 e. The largest absolute Gasteiger partial charge is 0.478 e. The normalized spacial score (nSPS) is 16.1. The fourth-order valence-electron chi connectivity index (χ4n) is 1.42. The first kappa shape index (κ1) is 14.1. The Morgan fingerprint density at radius 2 is 2.13 bits per heavy atom. The predicted octanol–water partition coefficient (Wildman–Crippen LogP) is 1.16. The van der Waals surface area contributed by atoms with Crippen LogP contribution in [0.1, 0.15) is 33.6 Å². The third kappa shape index (κ3) is 8.15. The predicted molar refractivity (Wildman–Crippen MR) is 59.8 cm³/mol. The van der Waals surface area contributed by atoms with E-state index >= 15 is 0 Å². The van der Waals surface area contributed by atoms with Crippen LogP contribution in [0.5, 0.6) is 0 Å². The molecule has 0 aromatic carbocycles. The molecular weight excluding hydrogens is 194 g/mol. The maximum absolute atomic E-state index is 10.3. The zero-order valence-corrected chi connectivity index (χ0v) is 9.71. The molecule has 0 radical (unpaired) electrons. The summed E-state index contributed by atoms with van der Waals surface area (Å²) in [7, 11) is 0. The molecule has 0 fully saturated rings. The van der Waals surface area contributed by atoms with Gasteiger partial charge in [0.1, 0.15) is 0 Å². The Labute approximate surface area is 91.0 Å². The van der Waals surface area contributed by atoms with Crippen molar-refractivity contribution < 1.29 is 15.0 Å². The summed E-state index contributed by atoms with van der Waals surface area (Å²) in [6.45, 7) is 6.51. The number of rotatable bonds is 7. The molecule has 0 saturated carbocycles. The highest BCUT2D eigenvalue weighted by atomic mass is 16.4.